The third-order valence-corrected chi connectivity index (χ3v) is 5.69. The molecule has 3 rings (SSSR count). The van der Waals surface area contributed by atoms with Crippen LogP contribution in [0, 0.1) is 0 Å². The summed E-state index contributed by atoms with van der Waals surface area (Å²) in [6.45, 7) is -0.541. The van der Waals surface area contributed by atoms with E-state index in [0.717, 1.165) is 18.2 Å². The van der Waals surface area contributed by atoms with Crippen LogP contribution in [0.3, 0.4) is 0 Å². The fourth-order valence-electron chi connectivity index (χ4n) is 2.83. The fraction of sp³-hybridized carbons (Fsp3) is 0.120. The molecule has 0 aliphatic carbocycles. The summed E-state index contributed by atoms with van der Waals surface area (Å²) in [6.07, 6.45) is -2.04. The number of rotatable bonds is 8. The minimum Gasteiger partial charge on any atom is -0.489 e. The van der Waals surface area contributed by atoms with Gasteiger partial charge in [-0.1, -0.05) is 53.0 Å². The number of amides is 1. The molecule has 1 amide bonds. The van der Waals surface area contributed by atoms with Crippen molar-refractivity contribution in [1.82, 2.24) is 0 Å². The van der Waals surface area contributed by atoms with Gasteiger partial charge < -0.3 is 14.8 Å². The van der Waals surface area contributed by atoms with Crippen LogP contribution in [-0.4, -0.2) is 18.5 Å². The molecule has 0 bridgehead atoms. The van der Waals surface area contributed by atoms with Crippen LogP contribution in [0.4, 0.5) is 18.9 Å². The van der Waals surface area contributed by atoms with Crippen LogP contribution < -0.4 is 10.1 Å². The second kappa shape index (κ2) is 12.2. The lowest BCUT2D eigenvalue weighted by Gasteiger charge is -2.11. The monoisotopic (exact) mass is 557 g/mol. The minimum atomic E-state index is -4.60. The molecule has 0 radical (unpaired) electrons. The number of hydrogen-bond acceptors (Lipinski definition) is 4. The normalized spacial score (nSPS) is 11.4. The number of esters is 1. The smallest absolute Gasteiger partial charge is 0.416 e. The lowest BCUT2D eigenvalue weighted by atomic mass is 10.2. The topological polar surface area (TPSA) is 64.6 Å². The van der Waals surface area contributed by atoms with Crippen molar-refractivity contribution in [2.45, 2.75) is 12.8 Å². The Morgan fingerprint density at radius 1 is 0.917 bits per heavy atom. The van der Waals surface area contributed by atoms with Crippen LogP contribution in [-0.2, 0) is 27.1 Å². The molecule has 188 valence electrons. The first-order valence-electron chi connectivity index (χ1n) is 10.2. The Bertz CT molecular complexity index is 1260. The average Bonchev–Trinajstić information content (AvgIpc) is 2.82. The zero-order valence-corrected chi connectivity index (χ0v) is 20.5. The Morgan fingerprint density at radius 3 is 2.22 bits per heavy atom. The fourth-order valence-corrected chi connectivity index (χ4v) is 3.50. The maximum Gasteiger partial charge on any atom is 0.416 e. The first-order valence-corrected chi connectivity index (χ1v) is 11.3. The maximum atomic E-state index is 12.8. The molecule has 0 spiro atoms. The van der Waals surface area contributed by atoms with Gasteiger partial charge >= 0.3 is 12.1 Å². The quantitative estimate of drug-likeness (QED) is 0.231. The van der Waals surface area contributed by atoms with E-state index in [4.69, 9.17) is 44.3 Å². The number of halogens is 6. The van der Waals surface area contributed by atoms with Crippen molar-refractivity contribution in [3.63, 3.8) is 0 Å². The summed E-state index contributed by atoms with van der Waals surface area (Å²) < 4.78 is 49.0. The van der Waals surface area contributed by atoms with Gasteiger partial charge in [-0.25, -0.2) is 4.79 Å². The third kappa shape index (κ3) is 7.91. The molecule has 36 heavy (non-hydrogen) atoms. The number of carbonyl (C=O) groups excluding carboxylic acids is 2. The van der Waals surface area contributed by atoms with E-state index in [0.29, 0.717) is 33.0 Å². The maximum absolute atomic E-state index is 12.8. The molecule has 0 aliphatic rings. The summed E-state index contributed by atoms with van der Waals surface area (Å²) in [5.74, 6) is -1.12. The van der Waals surface area contributed by atoms with Crippen molar-refractivity contribution >= 4 is 58.4 Å². The number of ether oxygens (including phenoxy) is 2. The Labute approximate surface area is 219 Å². The highest BCUT2D eigenvalue weighted by Gasteiger charge is 2.31. The molecule has 3 aromatic carbocycles. The first kappa shape index (κ1) is 27.4. The second-order valence-corrected chi connectivity index (χ2v) is 8.46. The van der Waals surface area contributed by atoms with Crippen LogP contribution in [0.5, 0.6) is 5.75 Å². The van der Waals surface area contributed by atoms with Crippen molar-refractivity contribution in [3.8, 4) is 5.75 Å². The van der Waals surface area contributed by atoms with E-state index in [9.17, 15) is 22.8 Å². The molecular formula is C25H17Cl3F3NO4. The number of anilines is 1. The second-order valence-electron chi connectivity index (χ2n) is 7.24. The molecule has 1 N–H and O–H groups in total. The molecule has 5 nitrogen and oxygen atoms in total. The zero-order valence-electron chi connectivity index (χ0n) is 18.2. The molecule has 0 aromatic heterocycles. The van der Waals surface area contributed by atoms with Crippen molar-refractivity contribution in [3.05, 3.63) is 98.5 Å². The van der Waals surface area contributed by atoms with Gasteiger partial charge in [0.15, 0.2) is 6.61 Å². The highest BCUT2D eigenvalue weighted by molar-refractivity contribution is 6.36. The van der Waals surface area contributed by atoms with Crippen LogP contribution in [0.15, 0.2) is 66.7 Å². The van der Waals surface area contributed by atoms with E-state index in [2.05, 4.69) is 5.32 Å². The van der Waals surface area contributed by atoms with Gasteiger partial charge in [-0.15, -0.1) is 0 Å². The number of nitrogens with one attached hydrogen (secondary N) is 1. The van der Waals surface area contributed by atoms with Crippen molar-refractivity contribution in [2.75, 3.05) is 11.9 Å². The van der Waals surface area contributed by atoms with Gasteiger partial charge in [0.1, 0.15) is 12.4 Å². The lowest BCUT2D eigenvalue weighted by Crippen LogP contribution is -2.20. The SMILES string of the molecule is O=C(COC(=O)C=Cc1ccc(OCc2c(Cl)cccc2Cl)cc1)Nc1cc(C(F)(F)F)ccc1Cl. The molecule has 0 saturated carbocycles. The zero-order chi connectivity index (χ0) is 26.3. The van der Waals surface area contributed by atoms with Gasteiger partial charge in [-0.2, -0.15) is 13.2 Å². The van der Waals surface area contributed by atoms with Crippen molar-refractivity contribution < 1.29 is 32.2 Å². The Kier molecular flexibility index (Phi) is 9.25. The number of hydrogen-bond donors (Lipinski definition) is 1. The van der Waals surface area contributed by atoms with Crippen LogP contribution in [0.25, 0.3) is 6.08 Å². The van der Waals surface area contributed by atoms with Gasteiger partial charge in [0, 0.05) is 21.7 Å². The van der Waals surface area contributed by atoms with E-state index in [-0.39, 0.29) is 17.3 Å². The van der Waals surface area contributed by atoms with Gasteiger partial charge in [-0.05, 0) is 54.1 Å². The molecule has 0 fully saturated rings. The summed E-state index contributed by atoms with van der Waals surface area (Å²) in [4.78, 5) is 23.9. The molecular weight excluding hydrogens is 542 g/mol. The van der Waals surface area contributed by atoms with E-state index in [1.165, 1.54) is 6.08 Å². The van der Waals surface area contributed by atoms with Gasteiger partial charge in [0.2, 0.25) is 0 Å². The molecule has 3 aromatic rings. The summed E-state index contributed by atoms with van der Waals surface area (Å²) in [7, 11) is 0. The predicted molar refractivity (Wildman–Crippen MR) is 132 cm³/mol. The highest BCUT2D eigenvalue weighted by atomic mass is 35.5. The summed E-state index contributed by atoms with van der Waals surface area (Å²) in [5.41, 5.74) is 0.0793. The van der Waals surface area contributed by atoms with E-state index >= 15 is 0 Å². The molecule has 0 unspecified atom stereocenters. The minimum absolute atomic E-state index is 0.0926. The predicted octanol–water partition coefficient (Wildman–Crippen LogP) is 7.44. The van der Waals surface area contributed by atoms with Gasteiger partial charge in [-0.3, -0.25) is 4.79 Å². The summed E-state index contributed by atoms with van der Waals surface area (Å²) in [6, 6.07) is 14.4. The molecule has 0 aliphatic heterocycles. The summed E-state index contributed by atoms with van der Waals surface area (Å²) >= 11 is 18.1. The van der Waals surface area contributed by atoms with Crippen molar-refractivity contribution in [2.24, 2.45) is 0 Å². The Balaban J connectivity index is 1.48. The number of carbonyl (C=O) groups is 2. The highest BCUT2D eigenvalue weighted by Crippen LogP contribution is 2.33. The Hall–Kier alpha value is -3.20. The Morgan fingerprint density at radius 2 is 1.58 bits per heavy atom. The van der Waals surface area contributed by atoms with Gasteiger partial charge in [0.25, 0.3) is 5.91 Å². The summed E-state index contributed by atoms with van der Waals surface area (Å²) in [5, 5.41) is 3.08. The number of alkyl halides is 3. The molecule has 0 heterocycles. The van der Waals surface area contributed by atoms with Crippen LogP contribution in [0.1, 0.15) is 16.7 Å². The molecule has 0 atom stereocenters. The van der Waals surface area contributed by atoms with E-state index in [1.807, 2.05) is 0 Å². The standard InChI is InChI=1S/C25H17Cl3F3NO4/c26-19-2-1-3-20(27)18(19)13-35-17-8-4-15(5-9-17)6-11-24(34)36-14-23(33)32-22-12-16(25(29,30)31)7-10-21(22)28/h1-12H,13-14H2,(H,32,33). The van der Waals surface area contributed by atoms with Crippen LogP contribution in [0.2, 0.25) is 15.1 Å². The average molecular weight is 559 g/mol. The third-order valence-electron chi connectivity index (χ3n) is 4.65. The first-order chi connectivity index (χ1) is 17.0. The molecule has 0 saturated heterocycles. The van der Waals surface area contributed by atoms with Crippen molar-refractivity contribution in [1.29, 1.82) is 0 Å². The molecule has 11 heteroatoms. The number of benzene rings is 3. The van der Waals surface area contributed by atoms with Gasteiger partial charge in [0.05, 0.1) is 16.3 Å². The lowest BCUT2D eigenvalue weighted by molar-refractivity contribution is -0.142. The van der Waals surface area contributed by atoms with E-state index < -0.39 is 30.2 Å². The van der Waals surface area contributed by atoms with Crippen LogP contribution >= 0.6 is 34.8 Å². The largest absolute Gasteiger partial charge is 0.489 e. The van der Waals surface area contributed by atoms with E-state index in [1.54, 1.807) is 42.5 Å².